The normalized spacial score (nSPS) is 11.2. The molecule has 0 aliphatic heterocycles. The Morgan fingerprint density at radius 1 is 1.05 bits per heavy atom. The molecular weight excluding hydrogens is 328 g/mol. The van der Waals surface area contributed by atoms with Crippen LogP contribution in [0.25, 0.3) is 22.1 Å². The molecule has 0 amide bonds. The fourth-order valence-corrected chi connectivity index (χ4v) is 2.97. The maximum atomic E-state index is 12.0. The quantitative estimate of drug-likeness (QED) is 0.588. The largest absolute Gasteiger partial charge is 0.422 e. The highest BCUT2D eigenvalue weighted by atomic mass is 79.9. The van der Waals surface area contributed by atoms with Gasteiger partial charge in [-0.3, -0.25) is 0 Å². The molecule has 3 rings (SSSR count). The van der Waals surface area contributed by atoms with E-state index < -0.39 is 0 Å². The summed E-state index contributed by atoms with van der Waals surface area (Å²) in [4.78, 5) is 12.0. The van der Waals surface area contributed by atoms with Crippen molar-refractivity contribution < 1.29 is 4.42 Å². The molecule has 106 valence electrons. The Hall–Kier alpha value is -1.87. The summed E-state index contributed by atoms with van der Waals surface area (Å²) in [6, 6.07) is 15.9. The Balaban J connectivity index is 2.42. The summed E-state index contributed by atoms with van der Waals surface area (Å²) in [6.45, 7) is 4.30. The van der Waals surface area contributed by atoms with Gasteiger partial charge in [-0.1, -0.05) is 50.2 Å². The Kier molecular flexibility index (Phi) is 3.68. The van der Waals surface area contributed by atoms with Gasteiger partial charge >= 0.3 is 5.63 Å². The van der Waals surface area contributed by atoms with Crippen LogP contribution in [0.3, 0.4) is 0 Å². The summed E-state index contributed by atoms with van der Waals surface area (Å²) in [5.41, 5.74) is 3.39. The van der Waals surface area contributed by atoms with E-state index in [1.165, 1.54) is 5.56 Å². The lowest BCUT2D eigenvalue weighted by Gasteiger charge is -2.11. The molecule has 1 heterocycles. The fraction of sp³-hybridized carbons (Fsp3) is 0.167. The van der Waals surface area contributed by atoms with E-state index in [0.29, 0.717) is 16.0 Å². The highest BCUT2D eigenvalue weighted by Crippen LogP contribution is 2.34. The molecule has 2 nitrogen and oxygen atoms in total. The van der Waals surface area contributed by atoms with Gasteiger partial charge in [-0.25, -0.2) is 4.79 Å². The number of benzene rings is 2. The molecule has 0 unspecified atom stereocenters. The van der Waals surface area contributed by atoms with Crippen LogP contribution >= 0.6 is 15.9 Å². The molecule has 0 aliphatic carbocycles. The Morgan fingerprint density at radius 3 is 2.43 bits per heavy atom. The van der Waals surface area contributed by atoms with Crippen LogP contribution < -0.4 is 5.63 Å². The molecule has 0 spiro atoms. The zero-order valence-electron chi connectivity index (χ0n) is 11.9. The van der Waals surface area contributed by atoms with Gasteiger partial charge in [0.2, 0.25) is 0 Å². The molecule has 0 saturated heterocycles. The summed E-state index contributed by atoms with van der Waals surface area (Å²) in [6.07, 6.45) is 0. The minimum Gasteiger partial charge on any atom is -0.422 e. The average Bonchev–Trinajstić information content (AvgIpc) is 2.49. The average molecular weight is 343 g/mol. The van der Waals surface area contributed by atoms with Crippen molar-refractivity contribution in [2.24, 2.45) is 0 Å². The van der Waals surface area contributed by atoms with Crippen molar-refractivity contribution in [3.8, 4) is 11.1 Å². The SMILES string of the molecule is CC(C)c1ccc2oc(=O)c(Br)c(-c3ccccc3)c2c1. The van der Waals surface area contributed by atoms with Crippen molar-refractivity contribution in [1.82, 2.24) is 0 Å². The van der Waals surface area contributed by atoms with Crippen molar-refractivity contribution in [3.05, 3.63) is 69.0 Å². The maximum absolute atomic E-state index is 12.0. The van der Waals surface area contributed by atoms with Crippen LogP contribution in [0.4, 0.5) is 0 Å². The van der Waals surface area contributed by atoms with Crippen LogP contribution in [-0.4, -0.2) is 0 Å². The van der Waals surface area contributed by atoms with Crippen LogP contribution in [0.1, 0.15) is 25.3 Å². The second-order valence-electron chi connectivity index (χ2n) is 5.35. The van der Waals surface area contributed by atoms with E-state index in [0.717, 1.165) is 16.5 Å². The van der Waals surface area contributed by atoms with Gasteiger partial charge in [0.1, 0.15) is 10.1 Å². The molecule has 0 bridgehead atoms. The van der Waals surface area contributed by atoms with Crippen molar-refractivity contribution >= 4 is 26.9 Å². The first kappa shape index (κ1) is 14.1. The smallest absolute Gasteiger partial charge is 0.351 e. The van der Waals surface area contributed by atoms with Crippen LogP contribution in [0, 0.1) is 0 Å². The van der Waals surface area contributed by atoms with Gasteiger partial charge < -0.3 is 4.42 Å². The van der Waals surface area contributed by atoms with Crippen LogP contribution in [0.15, 0.2) is 62.2 Å². The van der Waals surface area contributed by atoms with Crippen LogP contribution in [0.2, 0.25) is 0 Å². The predicted octanol–water partition coefficient (Wildman–Crippen LogP) is 5.35. The lowest BCUT2D eigenvalue weighted by Crippen LogP contribution is -2.03. The van der Waals surface area contributed by atoms with Crippen molar-refractivity contribution in [2.75, 3.05) is 0 Å². The van der Waals surface area contributed by atoms with Gasteiger partial charge in [0.25, 0.3) is 0 Å². The summed E-state index contributed by atoms with van der Waals surface area (Å²) in [5.74, 6) is 0.420. The standard InChI is InChI=1S/C18H15BrO2/c1-11(2)13-8-9-15-14(10-13)16(17(19)18(20)21-15)12-6-4-3-5-7-12/h3-11H,1-2H3. The molecule has 3 heteroatoms. The molecule has 0 radical (unpaired) electrons. The molecule has 0 aliphatic rings. The second kappa shape index (κ2) is 5.49. The van der Waals surface area contributed by atoms with Gasteiger partial charge in [0.15, 0.2) is 0 Å². The molecule has 0 saturated carbocycles. The van der Waals surface area contributed by atoms with E-state index in [2.05, 4.69) is 35.8 Å². The van der Waals surface area contributed by atoms with E-state index in [1.54, 1.807) is 0 Å². The van der Waals surface area contributed by atoms with Gasteiger partial charge in [-0.05, 0) is 45.1 Å². The summed E-state index contributed by atoms with van der Waals surface area (Å²) >= 11 is 3.39. The Morgan fingerprint density at radius 2 is 1.76 bits per heavy atom. The van der Waals surface area contributed by atoms with E-state index in [9.17, 15) is 4.79 Å². The summed E-state index contributed by atoms with van der Waals surface area (Å²) < 4.78 is 5.86. The summed E-state index contributed by atoms with van der Waals surface area (Å²) in [5, 5.41) is 0.957. The number of hydrogen-bond donors (Lipinski definition) is 0. The molecule has 0 fully saturated rings. The van der Waals surface area contributed by atoms with Crippen molar-refractivity contribution in [3.63, 3.8) is 0 Å². The molecule has 0 N–H and O–H groups in total. The predicted molar refractivity (Wildman–Crippen MR) is 89.7 cm³/mol. The van der Waals surface area contributed by atoms with Crippen molar-refractivity contribution in [2.45, 2.75) is 19.8 Å². The Bertz CT molecular complexity index is 848. The highest BCUT2D eigenvalue weighted by molar-refractivity contribution is 9.10. The Labute approximate surface area is 131 Å². The molecule has 2 aromatic carbocycles. The number of fused-ring (bicyclic) bond motifs is 1. The first-order valence-electron chi connectivity index (χ1n) is 6.89. The monoisotopic (exact) mass is 342 g/mol. The van der Waals surface area contributed by atoms with E-state index >= 15 is 0 Å². The van der Waals surface area contributed by atoms with Gasteiger partial charge in [-0.15, -0.1) is 0 Å². The number of hydrogen-bond acceptors (Lipinski definition) is 2. The second-order valence-corrected chi connectivity index (χ2v) is 6.15. The molecule has 0 atom stereocenters. The highest BCUT2D eigenvalue weighted by Gasteiger charge is 2.15. The molecular formula is C18H15BrO2. The zero-order valence-corrected chi connectivity index (χ0v) is 13.5. The minimum absolute atomic E-state index is 0.348. The third-order valence-corrected chi connectivity index (χ3v) is 4.32. The van der Waals surface area contributed by atoms with E-state index in [4.69, 9.17) is 4.42 Å². The molecule has 3 aromatic rings. The van der Waals surface area contributed by atoms with Gasteiger partial charge in [-0.2, -0.15) is 0 Å². The molecule has 1 aromatic heterocycles. The minimum atomic E-state index is -0.348. The fourth-order valence-electron chi connectivity index (χ4n) is 2.44. The summed E-state index contributed by atoms with van der Waals surface area (Å²) in [7, 11) is 0. The van der Waals surface area contributed by atoms with Crippen LogP contribution in [-0.2, 0) is 0 Å². The lowest BCUT2D eigenvalue weighted by molar-refractivity contribution is 0.557. The first-order valence-corrected chi connectivity index (χ1v) is 7.69. The van der Waals surface area contributed by atoms with Gasteiger partial charge in [0, 0.05) is 10.9 Å². The van der Waals surface area contributed by atoms with Crippen LogP contribution in [0.5, 0.6) is 0 Å². The van der Waals surface area contributed by atoms with Gasteiger partial charge in [0.05, 0.1) is 0 Å². The maximum Gasteiger partial charge on any atom is 0.351 e. The zero-order chi connectivity index (χ0) is 15.0. The van der Waals surface area contributed by atoms with E-state index in [1.807, 2.05) is 42.5 Å². The third-order valence-electron chi connectivity index (χ3n) is 3.60. The van der Waals surface area contributed by atoms with E-state index in [-0.39, 0.29) is 5.63 Å². The van der Waals surface area contributed by atoms with Crippen molar-refractivity contribution in [1.29, 1.82) is 0 Å². The first-order chi connectivity index (χ1) is 10.1. The number of rotatable bonds is 2. The topological polar surface area (TPSA) is 30.2 Å². The molecule has 21 heavy (non-hydrogen) atoms. The third kappa shape index (κ3) is 2.54. The lowest BCUT2D eigenvalue weighted by atomic mass is 9.97. The number of halogens is 1.